The van der Waals surface area contributed by atoms with Gasteiger partial charge in [0, 0.05) is 31.5 Å². The molecule has 1 amide bonds. The lowest BCUT2D eigenvalue weighted by Crippen LogP contribution is -2.30. The zero-order valence-electron chi connectivity index (χ0n) is 18.2. The molecule has 0 N–H and O–H groups in total. The summed E-state index contributed by atoms with van der Waals surface area (Å²) >= 11 is 0. The van der Waals surface area contributed by atoms with E-state index in [1.165, 1.54) is 12.1 Å². The number of carbonyl (C=O) groups excluding carboxylic acids is 1. The van der Waals surface area contributed by atoms with Crippen LogP contribution in [-0.4, -0.2) is 27.7 Å². The fourth-order valence-electron chi connectivity index (χ4n) is 3.76. The molecule has 2 aromatic carbocycles. The molecular formula is C26H25FN4O. The summed E-state index contributed by atoms with van der Waals surface area (Å²) in [6, 6.07) is 19.8. The average Bonchev–Trinajstić information content (AvgIpc) is 3.19. The Bertz CT molecular complexity index is 1190. The monoisotopic (exact) mass is 428 g/mol. The molecule has 0 aliphatic heterocycles. The lowest BCUT2D eigenvalue weighted by Gasteiger charge is -2.21. The van der Waals surface area contributed by atoms with Crippen LogP contribution in [0.15, 0.2) is 79.1 Å². The quantitative estimate of drug-likeness (QED) is 0.398. The number of rotatable bonds is 7. The van der Waals surface area contributed by atoms with Gasteiger partial charge < -0.3 is 0 Å². The maximum absolute atomic E-state index is 13.6. The van der Waals surface area contributed by atoms with Crippen molar-refractivity contribution in [2.75, 3.05) is 11.9 Å². The average molecular weight is 429 g/mol. The van der Waals surface area contributed by atoms with E-state index in [2.05, 4.69) is 11.9 Å². The zero-order valence-corrected chi connectivity index (χ0v) is 18.2. The topological polar surface area (TPSA) is 51.0 Å². The molecule has 32 heavy (non-hydrogen) atoms. The highest BCUT2D eigenvalue weighted by molar-refractivity contribution is 6.00. The van der Waals surface area contributed by atoms with E-state index in [1.54, 1.807) is 36.5 Å². The summed E-state index contributed by atoms with van der Waals surface area (Å²) in [6.45, 7) is 2.72. The lowest BCUT2D eigenvalue weighted by molar-refractivity contribution is -0.117. The Morgan fingerprint density at radius 2 is 1.66 bits per heavy atom. The van der Waals surface area contributed by atoms with Crippen LogP contribution in [0.1, 0.15) is 18.9 Å². The number of carbonyl (C=O) groups is 1. The Morgan fingerprint density at radius 3 is 2.31 bits per heavy atom. The standard InChI is InChI=1S/C26H25FN4O/c1-3-17-31-26(30(2)23(32)18-19-7-5-4-6-8-19)24(20-13-15-28-16-14-20)25(29-31)21-9-11-22(27)12-10-21/h4-16H,3,17-18H2,1-2H3. The molecule has 0 aliphatic carbocycles. The van der Waals surface area contributed by atoms with Crippen LogP contribution in [-0.2, 0) is 17.8 Å². The molecule has 0 bridgehead atoms. The Morgan fingerprint density at radius 1 is 0.969 bits per heavy atom. The third-order valence-electron chi connectivity index (χ3n) is 5.34. The summed E-state index contributed by atoms with van der Waals surface area (Å²) in [5.74, 6) is 0.385. The van der Waals surface area contributed by atoms with E-state index in [0.717, 1.165) is 34.5 Å². The molecule has 0 atom stereocenters. The predicted molar refractivity (Wildman–Crippen MR) is 125 cm³/mol. The number of amides is 1. The first-order valence-corrected chi connectivity index (χ1v) is 10.7. The van der Waals surface area contributed by atoms with Crippen LogP contribution in [0.4, 0.5) is 10.2 Å². The largest absolute Gasteiger partial charge is 0.299 e. The first kappa shape index (κ1) is 21.4. The maximum atomic E-state index is 13.6. The van der Waals surface area contributed by atoms with Gasteiger partial charge in [-0.1, -0.05) is 37.3 Å². The van der Waals surface area contributed by atoms with Crippen LogP contribution in [0, 0.1) is 5.82 Å². The van der Waals surface area contributed by atoms with Crippen molar-refractivity contribution in [2.45, 2.75) is 26.3 Å². The van der Waals surface area contributed by atoms with Crippen molar-refractivity contribution in [2.24, 2.45) is 0 Å². The molecule has 2 heterocycles. The molecule has 5 nitrogen and oxygen atoms in total. The smallest absolute Gasteiger partial charge is 0.232 e. The van der Waals surface area contributed by atoms with Crippen LogP contribution >= 0.6 is 0 Å². The number of anilines is 1. The van der Waals surface area contributed by atoms with Crippen molar-refractivity contribution in [1.29, 1.82) is 0 Å². The van der Waals surface area contributed by atoms with Crippen molar-refractivity contribution < 1.29 is 9.18 Å². The third kappa shape index (κ3) is 4.44. The fraction of sp³-hybridized carbons (Fsp3) is 0.192. The van der Waals surface area contributed by atoms with Crippen LogP contribution in [0.2, 0.25) is 0 Å². The van der Waals surface area contributed by atoms with Gasteiger partial charge in [0.15, 0.2) is 0 Å². The molecule has 0 radical (unpaired) electrons. The van der Waals surface area contributed by atoms with E-state index < -0.39 is 0 Å². The van der Waals surface area contributed by atoms with Gasteiger partial charge >= 0.3 is 0 Å². The van der Waals surface area contributed by atoms with Crippen LogP contribution in [0.5, 0.6) is 0 Å². The van der Waals surface area contributed by atoms with Gasteiger partial charge in [-0.15, -0.1) is 0 Å². The number of halogens is 1. The molecule has 0 fully saturated rings. The molecule has 0 aliphatic rings. The summed E-state index contributed by atoms with van der Waals surface area (Å²) in [5.41, 5.74) is 4.18. The predicted octanol–water partition coefficient (Wildman–Crippen LogP) is 5.37. The van der Waals surface area contributed by atoms with Gasteiger partial charge in [0.1, 0.15) is 17.3 Å². The zero-order chi connectivity index (χ0) is 22.5. The first-order chi connectivity index (χ1) is 15.6. The molecule has 6 heteroatoms. The molecule has 4 aromatic rings. The van der Waals surface area contributed by atoms with Crippen LogP contribution < -0.4 is 4.90 Å². The summed E-state index contributed by atoms with van der Waals surface area (Å²) in [7, 11) is 1.79. The molecule has 0 saturated heterocycles. The lowest BCUT2D eigenvalue weighted by atomic mass is 10.0. The minimum absolute atomic E-state index is 0.0329. The molecular weight excluding hydrogens is 403 g/mol. The first-order valence-electron chi connectivity index (χ1n) is 10.7. The molecule has 162 valence electrons. The van der Waals surface area contributed by atoms with Crippen LogP contribution in [0.25, 0.3) is 22.4 Å². The van der Waals surface area contributed by atoms with Gasteiger partial charge in [-0.05, 0) is 53.9 Å². The second kappa shape index (κ2) is 9.56. The highest BCUT2D eigenvalue weighted by atomic mass is 19.1. The van der Waals surface area contributed by atoms with Gasteiger partial charge in [-0.2, -0.15) is 5.10 Å². The molecule has 4 rings (SSSR count). The number of hydrogen-bond donors (Lipinski definition) is 0. The van der Waals surface area contributed by atoms with Crippen LogP contribution in [0.3, 0.4) is 0 Å². The van der Waals surface area contributed by atoms with Crippen molar-refractivity contribution in [3.63, 3.8) is 0 Å². The highest BCUT2D eigenvalue weighted by Crippen LogP contribution is 2.39. The summed E-state index contributed by atoms with van der Waals surface area (Å²) in [4.78, 5) is 19.1. The Balaban J connectivity index is 1.86. The van der Waals surface area contributed by atoms with E-state index in [1.807, 2.05) is 47.1 Å². The number of nitrogens with zero attached hydrogens (tertiary/aromatic N) is 4. The highest BCUT2D eigenvalue weighted by Gasteiger charge is 2.26. The second-order valence-electron chi connectivity index (χ2n) is 7.63. The van der Waals surface area contributed by atoms with E-state index >= 15 is 0 Å². The number of pyridine rings is 1. The molecule has 0 spiro atoms. The normalized spacial score (nSPS) is 10.8. The minimum Gasteiger partial charge on any atom is -0.299 e. The number of aryl methyl sites for hydroxylation is 1. The van der Waals surface area contributed by atoms with E-state index in [0.29, 0.717) is 12.2 Å². The minimum atomic E-state index is -0.303. The van der Waals surface area contributed by atoms with Gasteiger partial charge in [-0.3, -0.25) is 14.7 Å². The fourth-order valence-corrected chi connectivity index (χ4v) is 3.76. The number of likely N-dealkylation sites (N-methyl/N-ethyl adjacent to an activating group) is 1. The summed E-state index contributed by atoms with van der Waals surface area (Å²) in [6.07, 6.45) is 4.58. The molecule has 0 saturated carbocycles. The van der Waals surface area contributed by atoms with E-state index in [-0.39, 0.29) is 18.1 Å². The summed E-state index contributed by atoms with van der Waals surface area (Å²) in [5, 5.41) is 4.87. The molecule has 2 aromatic heterocycles. The number of aromatic nitrogens is 3. The Labute approximate surface area is 187 Å². The summed E-state index contributed by atoms with van der Waals surface area (Å²) < 4.78 is 15.5. The third-order valence-corrected chi connectivity index (χ3v) is 5.34. The van der Waals surface area contributed by atoms with Gasteiger partial charge in [0.05, 0.1) is 12.0 Å². The van der Waals surface area contributed by atoms with Gasteiger partial charge in [0.25, 0.3) is 0 Å². The van der Waals surface area contributed by atoms with Crippen molar-refractivity contribution >= 4 is 11.7 Å². The Kier molecular flexibility index (Phi) is 6.40. The number of hydrogen-bond acceptors (Lipinski definition) is 3. The Hall–Kier alpha value is -3.80. The van der Waals surface area contributed by atoms with Crippen molar-refractivity contribution in [1.82, 2.24) is 14.8 Å². The maximum Gasteiger partial charge on any atom is 0.232 e. The van der Waals surface area contributed by atoms with E-state index in [9.17, 15) is 9.18 Å². The molecule has 0 unspecified atom stereocenters. The van der Waals surface area contributed by atoms with Crippen molar-refractivity contribution in [3.05, 3.63) is 90.5 Å². The SMILES string of the molecule is CCCn1nc(-c2ccc(F)cc2)c(-c2ccncc2)c1N(C)C(=O)Cc1ccccc1. The number of benzene rings is 2. The van der Waals surface area contributed by atoms with Gasteiger partial charge in [-0.25, -0.2) is 9.07 Å². The van der Waals surface area contributed by atoms with Crippen molar-refractivity contribution in [3.8, 4) is 22.4 Å². The van der Waals surface area contributed by atoms with Gasteiger partial charge in [0.2, 0.25) is 5.91 Å². The second-order valence-corrected chi connectivity index (χ2v) is 7.63. The van der Waals surface area contributed by atoms with E-state index in [4.69, 9.17) is 5.10 Å².